The number of ether oxygens (including phenoxy) is 2. The van der Waals surface area contributed by atoms with E-state index in [9.17, 15) is 0 Å². The zero-order chi connectivity index (χ0) is 15.5. The fraction of sp³-hybridized carbons (Fsp3) is 0.647. The molecule has 2 N–H and O–H groups in total. The Kier molecular flexibility index (Phi) is 5.25. The van der Waals surface area contributed by atoms with Crippen LogP contribution in [0.15, 0.2) is 24.3 Å². The Morgan fingerprint density at radius 2 is 2.24 bits per heavy atom. The van der Waals surface area contributed by atoms with Crippen molar-refractivity contribution in [1.82, 2.24) is 4.90 Å². The lowest BCUT2D eigenvalue weighted by molar-refractivity contribution is -0.137. The fourth-order valence-corrected chi connectivity index (χ4v) is 3.21. The molecule has 0 saturated carbocycles. The van der Waals surface area contributed by atoms with Crippen LogP contribution in [-0.2, 0) is 4.74 Å². The van der Waals surface area contributed by atoms with E-state index in [0.29, 0.717) is 13.2 Å². The van der Waals surface area contributed by atoms with Gasteiger partial charge in [0.15, 0.2) is 0 Å². The SMILES string of the molecule is CCOc1cccc(C(CN)N2CC(C)OC(C)(C)C2)c1. The van der Waals surface area contributed by atoms with Crippen LogP contribution in [0.5, 0.6) is 5.75 Å². The van der Waals surface area contributed by atoms with Crippen molar-refractivity contribution in [2.45, 2.75) is 45.4 Å². The van der Waals surface area contributed by atoms with Crippen LogP contribution in [-0.4, -0.2) is 42.8 Å². The van der Waals surface area contributed by atoms with E-state index in [1.807, 2.05) is 19.1 Å². The Bertz CT molecular complexity index is 462. The first kappa shape index (κ1) is 16.3. The molecule has 2 atom stereocenters. The Labute approximate surface area is 128 Å². The van der Waals surface area contributed by atoms with Gasteiger partial charge in [0.1, 0.15) is 5.75 Å². The summed E-state index contributed by atoms with van der Waals surface area (Å²) in [6.07, 6.45) is 0.220. The number of hydrogen-bond donors (Lipinski definition) is 1. The van der Waals surface area contributed by atoms with Crippen LogP contribution in [0.3, 0.4) is 0 Å². The number of hydrogen-bond acceptors (Lipinski definition) is 4. The molecular weight excluding hydrogens is 264 g/mol. The second-order valence-electron chi connectivity index (χ2n) is 6.37. The minimum Gasteiger partial charge on any atom is -0.494 e. The minimum absolute atomic E-state index is 0.136. The zero-order valence-corrected chi connectivity index (χ0v) is 13.6. The van der Waals surface area contributed by atoms with Crippen LogP contribution >= 0.6 is 0 Å². The summed E-state index contributed by atoms with van der Waals surface area (Å²) >= 11 is 0. The summed E-state index contributed by atoms with van der Waals surface area (Å²) in [5.41, 5.74) is 7.15. The topological polar surface area (TPSA) is 47.7 Å². The van der Waals surface area contributed by atoms with Crippen LogP contribution in [0.25, 0.3) is 0 Å². The quantitative estimate of drug-likeness (QED) is 0.906. The molecule has 0 spiro atoms. The molecule has 2 unspecified atom stereocenters. The number of nitrogens with zero attached hydrogens (tertiary/aromatic N) is 1. The highest BCUT2D eigenvalue weighted by Gasteiger charge is 2.34. The van der Waals surface area contributed by atoms with Gasteiger partial charge in [0.25, 0.3) is 0 Å². The summed E-state index contributed by atoms with van der Waals surface area (Å²) in [4.78, 5) is 2.43. The van der Waals surface area contributed by atoms with Crippen LogP contribution in [0, 0.1) is 0 Å². The van der Waals surface area contributed by atoms with Crippen molar-refractivity contribution in [3.05, 3.63) is 29.8 Å². The Morgan fingerprint density at radius 3 is 2.86 bits per heavy atom. The minimum atomic E-state index is -0.136. The van der Waals surface area contributed by atoms with Crippen LogP contribution in [0.2, 0.25) is 0 Å². The Hall–Kier alpha value is -1.10. The average molecular weight is 292 g/mol. The molecule has 2 rings (SSSR count). The molecule has 1 aromatic carbocycles. The maximum atomic E-state index is 6.07. The normalized spacial score (nSPS) is 23.8. The summed E-state index contributed by atoms with van der Waals surface area (Å²) < 4.78 is 11.6. The van der Waals surface area contributed by atoms with Gasteiger partial charge in [-0.25, -0.2) is 0 Å². The van der Waals surface area contributed by atoms with Crippen molar-refractivity contribution in [2.75, 3.05) is 26.2 Å². The standard InChI is InChI=1S/C17H28N2O2/c1-5-20-15-8-6-7-14(9-15)16(10-18)19-11-13(2)21-17(3,4)12-19/h6-9,13,16H,5,10-12,18H2,1-4H3. The molecule has 0 amide bonds. The predicted octanol–water partition coefficient (Wildman–Crippen LogP) is 2.58. The van der Waals surface area contributed by atoms with Gasteiger partial charge in [-0.2, -0.15) is 0 Å². The zero-order valence-electron chi connectivity index (χ0n) is 13.6. The monoisotopic (exact) mass is 292 g/mol. The van der Waals surface area contributed by atoms with Crippen molar-refractivity contribution in [1.29, 1.82) is 0 Å². The largest absolute Gasteiger partial charge is 0.494 e. The smallest absolute Gasteiger partial charge is 0.119 e. The van der Waals surface area contributed by atoms with Crippen LogP contribution < -0.4 is 10.5 Å². The summed E-state index contributed by atoms with van der Waals surface area (Å²) in [5, 5.41) is 0. The number of nitrogens with two attached hydrogens (primary N) is 1. The molecule has 21 heavy (non-hydrogen) atoms. The van der Waals surface area contributed by atoms with E-state index in [2.05, 4.69) is 37.8 Å². The van der Waals surface area contributed by atoms with Crippen LogP contribution in [0.1, 0.15) is 39.3 Å². The molecule has 0 aromatic heterocycles. The summed E-state index contributed by atoms with van der Waals surface area (Å²) in [7, 11) is 0. The van der Waals surface area contributed by atoms with E-state index < -0.39 is 0 Å². The Morgan fingerprint density at radius 1 is 1.48 bits per heavy atom. The molecule has 1 aromatic rings. The van der Waals surface area contributed by atoms with Gasteiger partial charge in [-0.05, 0) is 45.4 Å². The highest BCUT2D eigenvalue weighted by Crippen LogP contribution is 2.30. The predicted molar refractivity (Wildman–Crippen MR) is 85.6 cm³/mol. The highest BCUT2D eigenvalue weighted by molar-refractivity contribution is 5.31. The second kappa shape index (κ2) is 6.77. The van der Waals surface area contributed by atoms with E-state index in [4.69, 9.17) is 15.2 Å². The molecule has 4 heteroatoms. The molecule has 1 fully saturated rings. The molecule has 1 aliphatic heterocycles. The third-order valence-electron chi connectivity index (χ3n) is 3.81. The van der Waals surface area contributed by atoms with Gasteiger partial charge in [0, 0.05) is 25.7 Å². The van der Waals surface area contributed by atoms with Gasteiger partial charge in [-0.15, -0.1) is 0 Å². The summed E-state index contributed by atoms with van der Waals surface area (Å²) in [5.74, 6) is 0.911. The second-order valence-corrected chi connectivity index (χ2v) is 6.37. The van der Waals surface area contributed by atoms with E-state index >= 15 is 0 Å². The maximum absolute atomic E-state index is 6.07. The number of morpholine rings is 1. The lowest BCUT2D eigenvalue weighted by atomic mass is 9.99. The van der Waals surface area contributed by atoms with Gasteiger partial charge in [0.05, 0.1) is 18.3 Å². The third kappa shape index (κ3) is 4.19. The molecule has 1 aliphatic rings. The van der Waals surface area contributed by atoms with Gasteiger partial charge in [-0.3, -0.25) is 4.90 Å². The average Bonchev–Trinajstić information content (AvgIpc) is 2.38. The van der Waals surface area contributed by atoms with Gasteiger partial charge in [0.2, 0.25) is 0 Å². The molecular formula is C17H28N2O2. The molecule has 1 heterocycles. The van der Waals surface area contributed by atoms with Crippen molar-refractivity contribution < 1.29 is 9.47 Å². The first-order valence-corrected chi connectivity index (χ1v) is 7.80. The van der Waals surface area contributed by atoms with Gasteiger partial charge >= 0.3 is 0 Å². The van der Waals surface area contributed by atoms with E-state index in [1.165, 1.54) is 5.56 Å². The first-order valence-electron chi connectivity index (χ1n) is 7.80. The molecule has 0 aliphatic carbocycles. The molecule has 1 saturated heterocycles. The highest BCUT2D eigenvalue weighted by atomic mass is 16.5. The van der Waals surface area contributed by atoms with E-state index in [-0.39, 0.29) is 17.7 Å². The molecule has 0 radical (unpaired) electrons. The van der Waals surface area contributed by atoms with Crippen molar-refractivity contribution in [2.24, 2.45) is 5.73 Å². The summed E-state index contributed by atoms with van der Waals surface area (Å²) in [6, 6.07) is 8.47. The van der Waals surface area contributed by atoms with Gasteiger partial charge in [-0.1, -0.05) is 12.1 Å². The lowest BCUT2D eigenvalue weighted by Crippen LogP contribution is -2.53. The lowest BCUT2D eigenvalue weighted by Gasteiger charge is -2.45. The van der Waals surface area contributed by atoms with Crippen molar-refractivity contribution in [3.8, 4) is 5.75 Å². The Balaban J connectivity index is 2.20. The van der Waals surface area contributed by atoms with Crippen molar-refractivity contribution in [3.63, 3.8) is 0 Å². The third-order valence-corrected chi connectivity index (χ3v) is 3.81. The number of rotatable bonds is 5. The summed E-state index contributed by atoms with van der Waals surface area (Å²) in [6.45, 7) is 11.5. The molecule has 4 nitrogen and oxygen atoms in total. The maximum Gasteiger partial charge on any atom is 0.119 e. The molecule has 0 bridgehead atoms. The number of benzene rings is 1. The van der Waals surface area contributed by atoms with E-state index in [0.717, 1.165) is 18.8 Å². The molecule has 118 valence electrons. The van der Waals surface area contributed by atoms with Crippen molar-refractivity contribution >= 4 is 0 Å². The van der Waals surface area contributed by atoms with Crippen LogP contribution in [0.4, 0.5) is 0 Å². The fourth-order valence-electron chi connectivity index (χ4n) is 3.21. The van der Waals surface area contributed by atoms with Gasteiger partial charge < -0.3 is 15.2 Å². The van der Waals surface area contributed by atoms with E-state index in [1.54, 1.807) is 0 Å². The first-order chi connectivity index (χ1) is 9.95.